The average molecular weight is 291 g/mol. The van der Waals surface area contributed by atoms with Crippen LogP contribution in [0.2, 0.25) is 0 Å². The monoisotopic (exact) mass is 291 g/mol. The van der Waals surface area contributed by atoms with Crippen LogP contribution in [0.3, 0.4) is 0 Å². The predicted octanol–water partition coefficient (Wildman–Crippen LogP) is 3.40. The number of aliphatic hydroxyl groups is 1. The molecule has 0 heterocycles. The van der Waals surface area contributed by atoms with Gasteiger partial charge in [0.1, 0.15) is 5.82 Å². The summed E-state index contributed by atoms with van der Waals surface area (Å²) in [5, 5.41) is 10.1. The van der Waals surface area contributed by atoms with Gasteiger partial charge in [0.15, 0.2) is 0 Å². The number of alkyl halides is 3. The van der Waals surface area contributed by atoms with Crippen LogP contribution < -0.4 is 5.73 Å². The Balaban J connectivity index is 2.32. The second-order valence-electron chi connectivity index (χ2n) is 5.29. The molecule has 1 aromatic carbocycles. The Kier molecular flexibility index (Phi) is 4.34. The van der Waals surface area contributed by atoms with Crippen LogP contribution in [0.4, 0.5) is 17.6 Å². The van der Waals surface area contributed by atoms with Crippen LogP contribution in [-0.2, 0) is 6.18 Å². The summed E-state index contributed by atoms with van der Waals surface area (Å²) in [6, 6.07) is 0.962. The first-order valence-corrected chi connectivity index (χ1v) is 6.61. The highest BCUT2D eigenvalue weighted by molar-refractivity contribution is 5.33. The molecule has 2 atom stereocenters. The lowest BCUT2D eigenvalue weighted by atomic mass is 9.88. The summed E-state index contributed by atoms with van der Waals surface area (Å²) < 4.78 is 52.0. The van der Waals surface area contributed by atoms with Gasteiger partial charge in [0, 0.05) is 0 Å². The highest BCUT2D eigenvalue weighted by atomic mass is 19.4. The molecule has 1 aliphatic carbocycles. The Labute approximate surface area is 114 Å². The van der Waals surface area contributed by atoms with Gasteiger partial charge in [-0.3, -0.25) is 0 Å². The van der Waals surface area contributed by atoms with Crippen LogP contribution in [-0.4, -0.2) is 11.2 Å². The number of hydrogen-bond donors (Lipinski definition) is 2. The first kappa shape index (κ1) is 15.3. The van der Waals surface area contributed by atoms with Gasteiger partial charge in [-0.25, -0.2) is 4.39 Å². The average Bonchev–Trinajstić information content (AvgIpc) is 2.89. The number of nitrogens with two attached hydrogens (primary N) is 1. The fourth-order valence-corrected chi connectivity index (χ4v) is 2.84. The zero-order valence-corrected chi connectivity index (χ0v) is 10.8. The lowest BCUT2D eigenvalue weighted by Gasteiger charge is -2.26. The van der Waals surface area contributed by atoms with E-state index in [2.05, 4.69) is 0 Å². The molecule has 2 rings (SSSR count). The van der Waals surface area contributed by atoms with E-state index in [9.17, 15) is 22.7 Å². The molecule has 1 aromatic rings. The molecular formula is C14H17F4NO. The van der Waals surface area contributed by atoms with Crippen molar-refractivity contribution in [1.82, 2.24) is 0 Å². The molecule has 0 spiro atoms. The number of halogens is 4. The molecule has 2 nitrogen and oxygen atoms in total. The molecular weight excluding hydrogens is 274 g/mol. The lowest BCUT2D eigenvalue weighted by Crippen LogP contribution is -2.33. The van der Waals surface area contributed by atoms with E-state index in [-0.39, 0.29) is 11.5 Å². The zero-order valence-electron chi connectivity index (χ0n) is 10.8. The van der Waals surface area contributed by atoms with E-state index in [0.717, 1.165) is 37.8 Å². The zero-order chi connectivity index (χ0) is 14.9. The van der Waals surface area contributed by atoms with E-state index in [1.807, 2.05) is 0 Å². The Bertz CT molecular complexity index is 469. The second kappa shape index (κ2) is 5.69. The molecule has 0 radical (unpaired) electrons. The normalized spacial score (nSPS) is 20.1. The fourth-order valence-electron chi connectivity index (χ4n) is 2.84. The Morgan fingerprint density at radius 2 is 1.80 bits per heavy atom. The fraction of sp³-hybridized carbons (Fsp3) is 0.571. The topological polar surface area (TPSA) is 46.2 Å². The molecule has 0 amide bonds. The van der Waals surface area contributed by atoms with Gasteiger partial charge in [-0.1, -0.05) is 12.8 Å². The van der Waals surface area contributed by atoms with Gasteiger partial charge in [-0.15, -0.1) is 0 Å². The summed E-state index contributed by atoms with van der Waals surface area (Å²) in [5.74, 6) is -0.906. The van der Waals surface area contributed by atoms with E-state index in [1.165, 1.54) is 0 Å². The van der Waals surface area contributed by atoms with Gasteiger partial charge in [0.25, 0.3) is 0 Å². The summed E-state index contributed by atoms with van der Waals surface area (Å²) in [7, 11) is 0. The lowest BCUT2D eigenvalue weighted by molar-refractivity contribution is -0.138. The van der Waals surface area contributed by atoms with Gasteiger partial charge < -0.3 is 10.8 Å². The number of benzene rings is 1. The van der Waals surface area contributed by atoms with Crippen molar-refractivity contribution >= 4 is 0 Å². The molecule has 0 unspecified atom stereocenters. The number of rotatable bonds is 3. The standard InChI is InChI=1S/C14H17F4NO/c15-9-5-6-11(14(16,17)18)10(7-9)12(19)13(20)8-3-1-2-4-8/h5-8,12-13,20H,1-4,19H2/t12-,13+/m0/s1. The molecule has 20 heavy (non-hydrogen) atoms. The molecule has 0 bridgehead atoms. The molecule has 1 fully saturated rings. The first-order chi connectivity index (χ1) is 9.30. The first-order valence-electron chi connectivity index (χ1n) is 6.61. The van der Waals surface area contributed by atoms with Gasteiger partial charge in [0.05, 0.1) is 17.7 Å². The smallest absolute Gasteiger partial charge is 0.391 e. The Morgan fingerprint density at radius 1 is 1.20 bits per heavy atom. The van der Waals surface area contributed by atoms with Gasteiger partial charge in [-0.2, -0.15) is 13.2 Å². The third kappa shape index (κ3) is 3.12. The highest BCUT2D eigenvalue weighted by Crippen LogP contribution is 2.38. The predicted molar refractivity (Wildman–Crippen MR) is 66.3 cm³/mol. The van der Waals surface area contributed by atoms with Crippen molar-refractivity contribution in [2.75, 3.05) is 0 Å². The minimum absolute atomic E-state index is 0.116. The van der Waals surface area contributed by atoms with Crippen LogP contribution >= 0.6 is 0 Å². The van der Waals surface area contributed by atoms with Crippen LogP contribution in [0.1, 0.15) is 42.9 Å². The summed E-state index contributed by atoms with van der Waals surface area (Å²) in [6.45, 7) is 0. The summed E-state index contributed by atoms with van der Waals surface area (Å²) >= 11 is 0. The minimum Gasteiger partial charge on any atom is -0.391 e. The van der Waals surface area contributed by atoms with Crippen molar-refractivity contribution in [3.8, 4) is 0 Å². The van der Waals surface area contributed by atoms with Gasteiger partial charge in [-0.05, 0) is 42.5 Å². The van der Waals surface area contributed by atoms with Crippen LogP contribution in [0.15, 0.2) is 18.2 Å². The largest absolute Gasteiger partial charge is 0.416 e. The maximum Gasteiger partial charge on any atom is 0.416 e. The molecule has 6 heteroatoms. The van der Waals surface area contributed by atoms with E-state index in [1.54, 1.807) is 0 Å². The van der Waals surface area contributed by atoms with E-state index in [4.69, 9.17) is 5.73 Å². The highest BCUT2D eigenvalue weighted by Gasteiger charge is 2.38. The molecule has 3 N–H and O–H groups in total. The minimum atomic E-state index is -4.62. The molecule has 0 aliphatic heterocycles. The van der Waals surface area contributed by atoms with Crippen LogP contribution in [0.25, 0.3) is 0 Å². The number of hydrogen-bond acceptors (Lipinski definition) is 2. The van der Waals surface area contributed by atoms with Gasteiger partial charge >= 0.3 is 6.18 Å². The van der Waals surface area contributed by atoms with Crippen molar-refractivity contribution in [2.45, 2.75) is 44.0 Å². The van der Waals surface area contributed by atoms with E-state index in [0.29, 0.717) is 6.07 Å². The maximum atomic E-state index is 13.2. The summed E-state index contributed by atoms with van der Waals surface area (Å²) in [4.78, 5) is 0. The Hall–Kier alpha value is -1.14. The van der Waals surface area contributed by atoms with Crippen molar-refractivity contribution in [3.05, 3.63) is 35.1 Å². The second-order valence-corrected chi connectivity index (χ2v) is 5.29. The number of aliphatic hydroxyl groups excluding tert-OH is 1. The van der Waals surface area contributed by atoms with Crippen molar-refractivity contribution in [2.24, 2.45) is 11.7 Å². The third-order valence-electron chi connectivity index (χ3n) is 3.93. The van der Waals surface area contributed by atoms with Crippen molar-refractivity contribution in [1.29, 1.82) is 0 Å². The van der Waals surface area contributed by atoms with Crippen molar-refractivity contribution < 1.29 is 22.7 Å². The van der Waals surface area contributed by atoms with Crippen LogP contribution in [0, 0.1) is 11.7 Å². The third-order valence-corrected chi connectivity index (χ3v) is 3.93. The van der Waals surface area contributed by atoms with Gasteiger partial charge in [0.2, 0.25) is 0 Å². The van der Waals surface area contributed by atoms with Crippen LogP contribution in [0.5, 0.6) is 0 Å². The molecule has 112 valence electrons. The molecule has 0 aromatic heterocycles. The summed E-state index contributed by atoms with van der Waals surface area (Å²) in [6.07, 6.45) is -2.35. The quantitative estimate of drug-likeness (QED) is 0.838. The van der Waals surface area contributed by atoms with E-state index < -0.39 is 29.7 Å². The molecule has 1 saturated carbocycles. The molecule has 0 saturated heterocycles. The maximum absolute atomic E-state index is 13.2. The van der Waals surface area contributed by atoms with E-state index >= 15 is 0 Å². The molecule has 1 aliphatic rings. The SMILES string of the molecule is N[C@@H](c1cc(F)ccc1C(F)(F)F)[C@H](O)C1CCCC1. The summed E-state index contributed by atoms with van der Waals surface area (Å²) in [5.41, 5.74) is 4.41. The Morgan fingerprint density at radius 3 is 2.35 bits per heavy atom. The van der Waals surface area contributed by atoms with Crippen molar-refractivity contribution in [3.63, 3.8) is 0 Å².